The topological polar surface area (TPSA) is 17.1 Å². The van der Waals surface area contributed by atoms with E-state index >= 15 is 0 Å². The molecular weight excluding hydrogens is 256 g/mol. The van der Waals surface area contributed by atoms with Gasteiger partial charge in [0.15, 0.2) is 5.78 Å². The molecule has 0 aliphatic heterocycles. The second kappa shape index (κ2) is 4.56. The van der Waals surface area contributed by atoms with Crippen LogP contribution in [0.15, 0.2) is 29.8 Å². The number of allylic oxidation sites excluding steroid dienone is 2. The van der Waals surface area contributed by atoms with Gasteiger partial charge in [0.1, 0.15) is 0 Å². The van der Waals surface area contributed by atoms with E-state index in [1.54, 1.807) is 5.57 Å². The number of rotatable bonds is 2. The molecule has 1 fully saturated rings. The van der Waals surface area contributed by atoms with Crippen LogP contribution in [-0.4, -0.2) is 5.78 Å². The van der Waals surface area contributed by atoms with E-state index in [9.17, 15) is 4.79 Å². The third-order valence-electron chi connectivity index (χ3n) is 6.37. The average Bonchev–Trinajstić information content (AvgIpc) is 3.11. The molecule has 2 bridgehead atoms. The Labute approximate surface area is 127 Å². The Morgan fingerprint density at radius 1 is 1.38 bits per heavy atom. The van der Waals surface area contributed by atoms with Crippen LogP contribution in [0.3, 0.4) is 0 Å². The third-order valence-corrected chi connectivity index (χ3v) is 6.37. The molecular formula is C20H24O. The van der Waals surface area contributed by atoms with Crippen LogP contribution in [-0.2, 0) is 6.42 Å². The van der Waals surface area contributed by atoms with Crippen LogP contribution < -0.4 is 0 Å². The Balaban J connectivity index is 1.83. The highest BCUT2D eigenvalue weighted by Gasteiger charge is 2.54. The number of carbonyl (C=O) groups excluding carboxylic acids is 1. The Hall–Kier alpha value is -1.37. The molecule has 1 spiro atoms. The van der Waals surface area contributed by atoms with Gasteiger partial charge in [-0.25, -0.2) is 0 Å². The number of aryl methyl sites for hydroxylation is 1. The van der Waals surface area contributed by atoms with Crippen LogP contribution in [0.2, 0.25) is 0 Å². The van der Waals surface area contributed by atoms with Gasteiger partial charge in [0.2, 0.25) is 0 Å². The fraction of sp³-hybridized carbons (Fsp3) is 0.550. The lowest BCUT2D eigenvalue weighted by atomic mass is 9.62. The van der Waals surface area contributed by atoms with Crippen molar-refractivity contribution < 1.29 is 4.79 Å². The van der Waals surface area contributed by atoms with Gasteiger partial charge in [0.05, 0.1) is 0 Å². The first-order chi connectivity index (χ1) is 10.2. The molecule has 0 heterocycles. The molecule has 21 heavy (non-hydrogen) atoms. The second-order valence-corrected chi connectivity index (χ2v) is 7.35. The molecule has 3 aliphatic carbocycles. The van der Waals surface area contributed by atoms with Crippen LogP contribution in [0, 0.1) is 11.3 Å². The lowest BCUT2D eigenvalue weighted by Gasteiger charge is -2.40. The summed E-state index contributed by atoms with van der Waals surface area (Å²) in [6, 6.07) is 6.52. The fourth-order valence-corrected chi connectivity index (χ4v) is 4.92. The van der Waals surface area contributed by atoms with Crippen molar-refractivity contribution in [2.45, 2.75) is 58.3 Å². The van der Waals surface area contributed by atoms with Crippen molar-refractivity contribution in [3.63, 3.8) is 0 Å². The fourth-order valence-electron chi connectivity index (χ4n) is 4.92. The lowest BCUT2D eigenvalue weighted by Crippen LogP contribution is -2.40. The minimum absolute atomic E-state index is 0.0410. The monoisotopic (exact) mass is 280 g/mol. The van der Waals surface area contributed by atoms with Gasteiger partial charge in [-0.2, -0.15) is 0 Å². The smallest absolute Gasteiger partial charge is 0.170 e. The largest absolute Gasteiger partial charge is 0.294 e. The van der Waals surface area contributed by atoms with Crippen molar-refractivity contribution in [3.05, 3.63) is 46.5 Å². The highest BCUT2D eigenvalue weighted by molar-refractivity contribution is 6.05. The molecule has 1 nitrogen and oxygen atoms in total. The summed E-state index contributed by atoms with van der Waals surface area (Å²) in [5.41, 5.74) is 5.22. The van der Waals surface area contributed by atoms with Gasteiger partial charge in [-0.3, -0.25) is 4.79 Å². The normalized spacial score (nSPS) is 31.4. The van der Waals surface area contributed by atoms with Gasteiger partial charge in [0, 0.05) is 11.0 Å². The maximum Gasteiger partial charge on any atom is 0.170 e. The Morgan fingerprint density at radius 2 is 2.24 bits per heavy atom. The Kier molecular flexibility index (Phi) is 2.89. The van der Waals surface area contributed by atoms with E-state index in [0.717, 1.165) is 37.7 Å². The lowest BCUT2D eigenvalue weighted by molar-refractivity contribution is 0.0669. The summed E-state index contributed by atoms with van der Waals surface area (Å²) in [6.07, 6.45) is 9.03. The first-order valence-corrected chi connectivity index (χ1v) is 8.50. The molecule has 0 aromatic heterocycles. The molecule has 3 unspecified atom stereocenters. The number of Topliss-reactive ketones (excluding diaryl/α,β-unsaturated/α-hetero) is 1. The summed E-state index contributed by atoms with van der Waals surface area (Å²) in [7, 11) is 0. The van der Waals surface area contributed by atoms with Gasteiger partial charge in [-0.1, -0.05) is 43.7 Å². The molecule has 3 aliphatic rings. The number of carbonyl (C=O) groups is 1. The standard InChI is InChI=1S/C20H24O/c1-3-13(2)17-6-4-5-15-9-10-20(19(21)18(15)17)12-14-7-8-16(20)11-14/h4-7,13,16H,3,8-12H2,1-2H3. The van der Waals surface area contributed by atoms with Crippen LogP contribution >= 0.6 is 0 Å². The Bertz CT molecular complexity index is 639. The second-order valence-electron chi connectivity index (χ2n) is 7.35. The van der Waals surface area contributed by atoms with Gasteiger partial charge in [-0.05, 0) is 61.5 Å². The molecule has 0 saturated heterocycles. The third kappa shape index (κ3) is 1.73. The predicted molar refractivity (Wildman–Crippen MR) is 85.7 cm³/mol. The molecule has 0 radical (unpaired) electrons. The number of ketones is 1. The summed E-state index contributed by atoms with van der Waals surface area (Å²) in [4.78, 5) is 13.4. The molecule has 110 valence electrons. The maximum absolute atomic E-state index is 13.4. The average molecular weight is 280 g/mol. The molecule has 1 heteroatoms. The van der Waals surface area contributed by atoms with Crippen molar-refractivity contribution >= 4 is 5.78 Å². The highest BCUT2D eigenvalue weighted by Crippen LogP contribution is 2.58. The van der Waals surface area contributed by atoms with Gasteiger partial charge >= 0.3 is 0 Å². The van der Waals surface area contributed by atoms with Crippen LogP contribution in [0.5, 0.6) is 0 Å². The van der Waals surface area contributed by atoms with Crippen LogP contribution in [0.1, 0.15) is 73.4 Å². The van der Waals surface area contributed by atoms with E-state index < -0.39 is 0 Å². The molecule has 0 amide bonds. The zero-order valence-electron chi connectivity index (χ0n) is 13.1. The van der Waals surface area contributed by atoms with Gasteiger partial charge in [0.25, 0.3) is 0 Å². The minimum atomic E-state index is -0.0410. The quantitative estimate of drug-likeness (QED) is 0.692. The summed E-state index contributed by atoms with van der Waals surface area (Å²) in [6.45, 7) is 4.48. The Morgan fingerprint density at radius 3 is 2.90 bits per heavy atom. The summed E-state index contributed by atoms with van der Waals surface area (Å²) in [5, 5.41) is 0. The van der Waals surface area contributed by atoms with Crippen molar-refractivity contribution in [1.82, 2.24) is 0 Å². The predicted octanol–water partition coefficient (Wildman–Crippen LogP) is 5.06. The molecule has 0 N–H and O–H groups in total. The van der Waals surface area contributed by atoms with Crippen molar-refractivity contribution in [1.29, 1.82) is 0 Å². The van der Waals surface area contributed by atoms with E-state index in [1.807, 2.05) is 0 Å². The highest BCUT2D eigenvalue weighted by atomic mass is 16.1. The van der Waals surface area contributed by atoms with E-state index in [-0.39, 0.29) is 5.41 Å². The van der Waals surface area contributed by atoms with Crippen molar-refractivity contribution in [2.75, 3.05) is 0 Å². The zero-order valence-corrected chi connectivity index (χ0v) is 13.1. The maximum atomic E-state index is 13.4. The molecule has 1 aromatic carbocycles. The molecule has 4 rings (SSSR count). The number of fused-ring (bicyclic) bond motifs is 4. The first-order valence-electron chi connectivity index (χ1n) is 8.50. The number of hydrogen-bond acceptors (Lipinski definition) is 1. The summed E-state index contributed by atoms with van der Waals surface area (Å²) in [5.74, 6) is 1.56. The van der Waals surface area contributed by atoms with E-state index in [4.69, 9.17) is 0 Å². The minimum Gasteiger partial charge on any atom is -0.294 e. The van der Waals surface area contributed by atoms with Crippen LogP contribution in [0.4, 0.5) is 0 Å². The van der Waals surface area contributed by atoms with Crippen molar-refractivity contribution in [2.24, 2.45) is 11.3 Å². The molecule has 3 atom stereocenters. The van der Waals surface area contributed by atoms with E-state index in [1.165, 1.54) is 17.5 Å². The first kappa shape index (κ1) is 13.3. The number of hydrogen-bond donors (Lipinski definition) is 0. The van der Waals surface area contributed by atoms with Crippen LogP contribution in [0.25, 0.3) is 0 Å². The number of benzene rings is 1. The summed E-state index contributed by atoms with van der Waals surface area (Å²) < 4.78 is 0. The van der Waals surface area contributed by atoms with Gasteiger partial charge < -0.3 is 0 Å². The van der Waals surface area contributed by atoms with Gasteiger partial charge in [-0.15, -0.1) is 0 Å². The zero-order chi connectivity index (χ0) is 14.6. The van der Waals surface area contributed by atoms with Crippen molar-refractivity contribution in [3.8, 4) is 0 Å². The van der Waals surface area contributed by atoms with E-state index in [2.05, 4.69) is 38.1 Å². The van der Waals surface area contributed by atoms with E-state index in [0.29, 0.717) is 17.6 Å². The summed E-state index contributed by atoms with van der Waals surface area (Å²) >= 11 is 0. The molecule has 1 aromatic rings. The molecule has 1 saturated carbocycles. The SMILES string of the molecule is CCC(C)c1cccc2c1C(=O)C1(CC2)CC2=CCC1C2.